The average molecular weight is 513 g/mol. The molecule has 198 valence electrons. The van der Waals surface area contributed by atoms with Crippen LogP contribution < -0.4 is 4.90 Å². The number of carbonyl (C=O) groups excluding carboxylic acids is 1. The quantitative estimate of drug-likeness (QED) is 0.419. The number of piperazine rings is 1. The number of hydrogen-bond donors (Lipinski definition) is 0. The number of amides is 1. The van der Waals surface area contributed by atoms with E-state index < -0.39 is 0 Å². The van der Waals surface area contributed by atoms with Crippen molar-refractivity contribution in [3.8, 4) is 6.07 Å². The Hall–Kier alpha value is -3.60. The molecule has 0 aliphatic carbocycles. The molecule has 0 N–H and O–H groups in total. The molecule has 0 bridgehead atoms. The summed E-state index contributed by atoms with van der Waals surface area (Å²) in [6.07, 6.45) is 2.38. The van der Waals surface area contributed by atoms with E-state index in [0.717, 1.165) is 44.0 Å². The van der Waals surface area contributed by atoms with E-state index in [-0.39, 0.29) is 12.0 Å². The molecule has 0 unspecified atom stereocenters. The summed E-state index contributed by atoms with van der Waals surface area (Å²) in [6.45, 7) is 10.1. The molecule has 0 spiro atoms. The van der Waals surface area contributed by atoms with Crippen LogP contribution in [0.5, 0.6) is 0 Å². The lowest BCUT2D eigenvalue weighted by atomic mass is 10.1. The number of rotatable bonds is 8. The Kier molecular flexibility index (Phi) is 8.11. The van der Waals surface area contributed by atoms with Crippen molar-refractivity contribution in [2.45, 2.75) is 39.4 Å². The van der Waals surface area contributed by atoms with Gasteiger partial charge < -0.3 is 19.0 Å². The zero-order valence-corrected chi connectivity index (χ0v) is 22.4. The van der Waals surface area contributed by atoms with Crippen LogP contribution in [0.1, 0.15) is 57.5 Å². The maximum atomic E-state index is 13.1. The Labute approximate surface area is 225 Å². The third-order valence-corrected chi connectivity index (χ3v) is 7.60. The molecule has 0 radical (unpaired) electrons. The molecule has 5 rings (SSSR count). The van der Waals surface area contributed by atoms with Crippen molar-refractivity contribution in [2.24, 2.45) is 0 Å². The highest BCUT2D eigenvalue weighted by molar-refractivity contribution is 5.95. The maximum Gasteiger partial charge on any atom is 0.257 e. The van der Waals surface area contributed by atoms with Gasteiger partial charge in [0.15, 0.2) is 0 Å². The van der Waals surface area contributed by atoms with Gasteiger partial charge in [-0.15, -0.1) is 0 Å². The lowest BCUT2D eigenvalue weighted by Gasteiger charge is -2.36. The van der Waals surface area contributed by atoms with Crippen molar-refractivity contribution in [1.82, 2.24) is 9.80 Å². The minimum Gasteiger partial charge on any atom is -0.466 e. The van der Waals surface area contributed by atoms with Crippen molar-refractivity contribution in [1.29, 1.82) is 5.26 Å². The van der Waals surface area contributed by atoms with Gasteiger partial charge in [-0.25, -0.2) is 0 Å². The molecule has 2 fully saturated rings. The van der Waals surface area contributed by atoms with Crippen LogP contribution in [0.2, 0.25) is 0 Å². The van der Waals surface area contributed by atoms with E-state index in [1.165, 1.54) is 24.1 Å². The van der Waals surface area contributed by atoms with Crippen molar-refractivity contribution in [3.63, 3.8) is 0 Å². The number of ether oxygens (including phenoxy) is 1. The second kappa shape index (κ2) is 11.8. The number of nitrogens with zero attached hydrogens (tertiary/aromatic N) is 4. The number of hydrogen-bond acceptors (Lipinski definition) is 6. The van der Waals surface area contributed by atoms with Gasteiger partial charge in [-0.2, -0.15) is 5.26 Å². The van der Waals surface area contributed by atoms with E-state index in [2.05, 4.69) is 40.1 Å². The number of aryl methyl sites for hydroxylation is 2. The molecule has 1 aromatic heterocycles. The van der Waals surface area contributed by atoms with E-state index in [1.807, 2.05) is 49.1 Å². The zero-order valence-electron chi connectivity index (χ0n) is 22.4. The fourth-order valence-electron chi connectivity index (χ4n) is 5.41. The molecule has 3 heterocycles. The van der Waals surface area contributed by atoms with E-state index in [9.17, 15) is 4.79 Å². The highest BCUT2D eigenvalue weighted by Gasteiger charge is 2.27. The van der Waals surface area contributed by atoms with Gasteiger partial charge in [0.05, 0.1) is 29.9 Å². The maximum absolute atomic E-state index is 13.1. The fraction of sp³-hybridized carbons (Fsp3) is 0.419. The van der Waals surface area contributed by atoms with E-state index in [4.69, 9.17) is 14.4 Å². The monoisotopic (exact) mass is 512 g/mol. The number of furan rings is 1. The van der Waals surface area contributed by atoms with Crippen LogP contribution in [0.25, 0.3) is 0 Å². The summed E-state index contributed by atoms with van der Waals surface area (Å²) in [5.41, 5.74) is 4.79. The average Bonchev–Trinajstić information content (AvgIpc) is 3.61. The molecular formula is C31H36N4O3. The van der Waals surface area contributed by atoms with Crippen molar-refractivity contribution in [2.75, 3.05) is 50.7 Å². The lowest BCUT2D eigenvalue weighted by Crippen LogP contribution is -2.49. The minimum absolute atomic E-state index is 0.0472. The normalized spacial score (nSPS) is 17.0. The van der Waals surface area contributed by atoms with E-state index in [0.29, 0.717) is 36.6 Å². The standard InChI is InChI=1S/C31H36N4O3/c1-23-18-29(24(2)38-23)31(36)35-16-14-33(15-17-35)21-30(37-22-26-10-8-25(20-32)9-11-26)27-6-5-7-28(19-27)34-12-3-4-13-34/h5-11,18-19,30H,3-4,12-17,21-22H2,1-2H3/t30-/m1/s1. The van der Waals surface area contributed by atoms with E-state index in [1.54, 1.807) is 0 Å². The summed E-state index contributed by atoms with van der Waals surface area (Å²) in [6, 6.07) is 20.4. The molecule has 7 nitrogen and oxygen atoms in total. The topological polar surface area (TPSA) is 73.0 Å². The molecule has 2 aliphatic rings. The summed E-state index contributed by atoms with van der Waals surface area (Å²) in [4.78, 5) is 19.8. The second-order valence-electron chi connectivity index (χ2n) is 10.3. The molecule has 7 heteroatoms. The molecule has 1 amide bonds. The summed E-state index contributed by atoms with van der Waals surface area (Å²) in [7, 11) is 0. The first kappa shape index (κ1) is 26.0. The third-order valence-electron chi connectivity index (χ3n) is 7.60. The van der Waals surface area contributed by atoms with Gasteiger partial charge in [-0.05, 0) is 68.1 Å². The molecular weight excluding hydrogens is 476 g/mol. The van der Waals surface area contributed by atoms with Crippen molar-refractivity contribution < 1.29 is 13.9 Å². The Bertz CT molecular complexity index is 1280. The molecule has 2 aromatic carbocycles. The molecule has 2 aliphatic heterocycles. The largest absolute Gasteiger partial charge is 0.466 e. The zero-order chi connectivity index (χ0) is 26.5. The second-order valence-corrected chi connectivity index (χ2v) is 10.3. The smallest absolute Gasteiger partial charge is 0.257 e. The lowest BCUT2D eigenvalue weighted by molar-refractivity contribution is 0.00342. The van der Waals surface area contributed by atoms with Crippen molar-refractivity contribution in [3.05, 3.63) is 88.4 Å². The van der Waals surface area contributed by atoms with Crippen LogP contribution in [-0.4, -0.2) is 61.5 Å². The molecule has 0 saturated carbocycles. The van der Waals surface area contributed by atoms with Crippen LogP contribution in [-0.2, 0) is 11.3 Å². The molecule has 3 aromatic rings. The first-order valence-electron chi connectivity index (χ1n) is 13.5. The highest BCUT2D eigenvalue weighted by Crippen LogP contribution is 2.28. The van der Waals surface area contributed by atoms with Gasteiger partial charge in [0, 0.05) is 51.5 Å². The van der Waals surface area contributed by atoms with Gasteiger partial charge >= 0.3 is 0 Å². The minimum atomic E-state index is -0.103. The van der Waals surface area contributed by atoms with Gasteiger partial charge in [0.2, 0.25) is 0 Å². The number of carbonyl (C=O) groups is 1. The molecule has 2 saturated heterocycles. The predicted octanol–water partition coefficient (Wildman–Crippen LogP) is 5.08. The first-order valence-corrected chi connectivity index (χ1v) is 13.5. The Morgan fingerprint density at radius 2 is 1.74 bits per heavy atom. The Morgan fingerprint density at radius 1 is 1.00 bits per heavy atom. The van der Waals surface area contributed by atoms with Crippen LogP contribution >= 0.6 is 0 Å². The Balaban J connectivity index is 1.27. The van der Waals surface area contributed by atoms with Crippen LogP contribution in [0.3, 0.4) is 0 Å². The van der Waals surface area contributed by atoms with Crippen molar-refractivity contribution >= 4 is 11.6 Å². The number of nitriles is 1. The first-order chi connectivity index (χ1) is 18.5. The number of benzene rings is 2. The SMILES string of the molecule is Cc1cc(C(=O)N2CCN(C[C@@H](OCc3ccc(C#N)cc3)c3cccc(N4CCCC4)c3)CC2)c(C)o1. The number of anilines is 1. The van der Waals surface area contributed by atoms with Gasteiger partial charge in [-0.1, -0.05) is 24.3 Å². The highest BCUT2D eigenvalue weighted by atomic mass is 16.5. The van der Waals surface area contributed by atoms with E-state index >= 15 is 0 Å². The molecule has 1 atom stereocenters. The van der Waals surface area contributed by atoms with Crippen LogP contribution in [0.4, 0.5) is 5.69 Å². The summed E-state index contributed by atoms with van der Waals surface area (Å²) < 4.78 is 12.1. The molecule has 38 heavy (non-hydrogen) atoms. The predicted molar refractivity (Wildman–Crippen MR) is 147 cm³/mol. The Morgan fingerprint density at radius 3 is 2.39 bits per heavy atom. The van der Waals surface area contributed by atoms with Crippen LogP contribution in [0.15, 0.2) is 59.0 Å². The van der Waals surface area contributed by atoms with Gasteiger partial charge in [0.1, 0.15) is 11.5 Å². The summed E-state index contributed by atoms with van der Waals surface area (Å²) >= 11 is 0. The third kappa shape index (κ3) is 6.09. The fourth-order valence-corrected chi connectivity index (χ4v) is 5.41. The van der Waals surface area contributed by atoms with Gasteiger partial charge in [-0.3, -0.25) is 9.69 Å². The van der Waals surface area contributed by atoms with Crippen LogP contribution in [0, 0.1) is 25.2 Å². The summed E-state index contributed by atoms with van der Waals surface area (Å²) in [5.74, 6) is 1.50. The summed E-state index contributed by atoms with van der Waals surface area (Å²) in [5, 5.41) is 9.11. The van der Waals surface area contributed by atoms with Gasteiger partial charge in [0.25, 0.3) is 5.91 Å².